The first-order chi connectivity index (χ1) is 9.90. The van der Waals surface area contributed by atoms with Crippen LogP contribution in [0, 0.1) is 0 Å². The van der Waals surface area contributed by atoms with Crippen molar-refractivity contribution in [2.45, 2.75) is 43.3 Å². The van der Waals surface area contributed by atoms with E-state index in [-0.39, 0.29) is 0 Å². The Kier molecular flexibility index (Phi) is 4.77. The predicted octanol–water partition coefficient (Wildman–Crippen LogP) is 3.32. The summed E-state index contributed by atoms with van der Waals surface area (Å²) in [5, 5.41) is 3.54. The highest BCUT2D eigenvalue weighted by atomic mass is 32.2. The molecule has 3 nitrogen and oxygen atoms in total. The summed E-state index contributed by atoms with van der Waals surface area (Å²) >= 11 is 1.93. The van der Waals surface area contributed by atoms with Gasteiger partial charge < -0.3 is 9.88 Å². The van der Waals surface area contributed by atoms with Gasteiger partial charge >= 0.3 is 0 Å². The van der Waals surface area contributed by atoms with E-state index in [2.05, 4.69) is 39.1 Å². The Labute approximate surface area is 124 Å². The first-order valence-corrected chi connectivity index (χ1v) is 8.29. The zero-order valence-electron chi connectivity index (χ0n) is 11.7. The van der Waals surface area contributed by atoms with Crippen molar-refractivity contribution in [2.75, 3.05) is 5.75 Å². The number of aromatic nitrogens is 2. The van der Waals surface area contributed by atoms with E-state index in [1.807, 2.05) is 30.5 Å². The molecule has 1 aliphatic rings. The number of hydrogen-bond acceptors (Lipinski definition) is 3. The van der Waals surface area contributed by atoms with Gasteiger partial charge in [-0.05, 0) is 42.7 Å². The van der Waals surface area contributed by atoms with Crippen LogP contribution in [0.1, 0.15) is 24.8 Å². The summed E-state index contributed by atoms with van der Waals surface area (Å²) in [4.78, 5) is 5.42. The van der Waals surface area contributed by atoms with Gasteiger partial charge in [-0.3, -0.25) is 0 Å². The van der Waals surface area contributed by atoms with Crippen LogP contribution in [-0.2, 0) is 13.1 Å². The molecule has 0 bridgehead atoms. The van der Waals surface area contributed by atoms with Crippen molar-refractivity contribution in [2.24, 2.45) is 0 Å². The number of thioether (sulfide) groups is 1. The third-order valence-electron chi connectivity index (χ3n) is 3.48. The van der Waals surface area contributed by atoms with Crippen molar-refractivity contribution in [1.82, 2.24) is 14.9 Å². The summed E-state index contributed by atoms with van der Waals surface area (Å²) in [6.07, 6.45) is 9.61. The van der Waals surface area contributed by atoms with E-state index in [1.165, 1.54) is 29.7 Å². The quantitative estimate of drug-likeness (QED) is 0.597. The van der Waals surface area contributed by atoms with E-state index in [0.717, 1.165) is 24.9 Å². The van der Waals surface area contributed by atoms with Crippen molar-refractivity contribution in [1.29, 1.82) is 0 Å². The Bertz CT molecular complexity index is 503. The zero-order chi connectivity index (χ0) is 13.6. The average Bonchev–Trinajstić information content (AvgIpc) is 3.17. The minimum absolute atomic E-state index is 0.784. The van der Waals surface area contributed by atoms with Crippen LogP contribution in [0.25, 0.3) is 0 Å². The van der Waals surface area contributed by atoms with Crippen molar-refractivity contribution in [3.8, 4) is 0 Å². The molecule has 3 rings (SSSR count). The maximum Gasteiger partial charge on any atom is 0.0945 e. The molecule has 2 aromatic rings. The molecule has 0 radical (unpaired) electrons. The summed E-state index contributed by atoms with van der Waals surface area (Å²) in [5.41, 5.74) is 1.39. The van der Waals surface area contributed by atoms with Crippen molar-refractivity contribution >= 4 is 11.8 Å². The number of aryl methyl sites for hydroxylation is 1. The zero-order valence-corrected chi connectivity index (χ0v) is 12.5. The smallest absolute Gasteiger partial charge is 0.0945 e. The van der Waals surface area contributed by atoms with E-state index in [0.29, 0.717) is 0 Å². The van der Waals surface area contributed by atoms with Crippen LogP contribution in [0.2, 0.25) is 0 Å². The van der Waals surface area contributed by atoms with Crippen LogP contribution in [0.3, 0.4) is 0 Å². The molecular weight excluding hydrogens is 266 g/mol. The Hall–Kier alpha value is -1.26. The van der Waals surface area contributed by atoms with Crippen LogP contribution in [-0.4, -0.2) is 21.3 Å². The number of rotatable bonds is 8. The van der Waals surface area contributed by atoms with Crippen LogP contribution in [0.4, 0.5) is 0 Å². The van der Waals surface area contributed by atoms with E-state index < -0.39 is 0 Å². The molecule has 1 aromatic carbocycles. The number of nitrogens with zero attached hydrogens (tertiary/aromatic N) is 2. The predicted molar refractivity (Wildman–Crippen MR) is 83.9 cm³/mol. The maximum absolute atomic E-state index is 4.05. The second kappa shape index (κ2) is 6.95. The summed E-state index contributed by atoms with van der Waals surface area (Å²) < 4.78 is 2.13. The Morgan fingerprint density at radius 1 is 1.25 bits per heavy atom. The first kappa shape index (κ1) is 13.7. The van der Waals surface area contributed by atoms with Gasteiger partial charge in [0, 0.05) is 36.4 Å². The lowest BCUT2D eigenvalue weighted by molar-refractivity contribution is 0.683. The normalized spacial score (nSPS) is 14.6. The van der Waals surface area contributed by atoms with Crippen LogP contribution >= 0.6 is 11.8 Å². The molecule has 1 N–H and O–H groups in total. The van der Waals surface area contributed by atoms with E-state index >= 15 is 0 Å². The molecule has 4 heteroatoms. The van der Waals surface area contributed by atoms with Crippen molar-refractivity contribution in [3.05, 3.63) is 48.5 Å². The molecular formula is C16H21N3S. The standard InChI is InChI=1S/C16H21N3S/c1(9-19-10-8-17-13-19)11-20-16-6-2-14(3-7-16)12-18-15-4-5-15/h2-3,6-8,10,13,15,18H,1,4-5,9,11-12H2. The SMILES string of the molecule is c1cn(CCCSc2ccc(CNC3CC3)cc2)cn1. The second-order valence-electron chi connectivity index (χ2n) is 5.30. The minimum Gasteiger partial charge on any atom is -0.337 e. The molecule has 1 saturated carbocycles. The summed E-state index contributed by atoms with van der Waals surface area (Å²) in [7, 11) is 0. The molecule has 0 amide bonds. The molecule has 20 heavy (non-hydrogen) atoms. The first-order valence-electron chi connectivity index (χ1n) is 7.31. The van der Waals surface area contributed by atoms with Gasteiger partial charge in [0.05, 0.1) is 6.33 Å². The topological polar surface area (TPSA) is 29.9 Å². The van der Waals surface area contributed by atoms with Gasteiger partial charge in [-0.25, -0.2) is 4.98 Å². The van der Waals surface area contributed by atoms with Crippen molar-refractivity contribution < 1.29 is 0 Å². The van der Waals surface area contributed by atoms with Crippen LogP contribution in [0.15, 0.2) is 47.9 Å². The summed E-state index contributed by atoms with van der Waals surface area (Å²) in [6.45, 7) is 2.06. The lowest BCUT2D eigenvalue weighted by atomic mass is 10.2. The van der Waals surface area contributed by atoms with E-state index in [4.69, 9.17) is 0 Å². The molecule has 0 aliphatic heterocycles. The lowest BCUT2D eigenvalue weighted by Gasteiger charge is -2.06. The van der Waals surface area contributed by atoms with Gasteiger partial charge in [-0.2, -0.15) is 0 Å². The summed E-state index contributed by atoms with van der Waals surface area (Å²) in [6, 6.07) is 9.76. The number of imidazole rings is 1. The van der Waals surface area contributed by atoms with Crippen LogP contribution < -0.4 is 5.32 Å². The Morgan fingerprint density at radius 3 is 2.80 bits per heavy atom. The molecule has 1 fully saturated rings. The second-order valence-corrected chi connectivity index (χ2v) is 6.47. The highest BCUT2D eigenvalue weighted by Crippen LogP contribution is 2.21. The van der Waals surface area contributed by atoms with E-state index in [9.17, 15) is 0 Å². The third-order valence-corrected chi connectivity index (χ3v) is 4.58. The van der Waals surface area contributed by atoms with Gasteiger partial charge in [0.25, 0.3) is 0 Å². The number of hydrogen-bond donors (Lipinski definition) is 1. The minimum atomic E-state index is 0.784. The fourth-order valence-electron chi connectivity index (χ4n) is 2.11. The van der Waals surface area contributed by atoms with Gasteiger partial charge in [0.15, 0.2) is 0 Å². The Balaban J connectivity index is 1.36. The monoisotopic (exact) mass is 287 g/mol. The molecule has 106 valence electrons. The average molecular weight is 287 g/mol. The fourth-order valence-corrected chi connectivity index (χ4v) is 2.95. The summed E-state index contributed by atoms with van der Waals surface area (Å²) in [5.74, 6) is 1.15. The highest BCUT2D eigenvalue weighted by molar-refractivity contribution is 7.99. The molecule has 0 spiro atoms. The Morgan fingerprint density at radius 2 is 2.10 bits per heavy atom. The van der Waals surface area contributed by atoms with E-state index in [1.54, 1.807) is 0 Å². The number of benzene rings is 1. The molecule has 0 saturated heterocycles. The highest BCUT2D eigenvalue weighted by Gasteiger charge is 2.19. The van der Waals surface area contributed by atoms with Gasteiger partial charge in [0.2, 0.25) is 0 Å². The fraction of sp³-hybridized carbons (Fsp3) is 0.438. The molecule has 1 aromatic heterocycles. The molecule has 0 atom stereocenters. The lowest BCUT2D eigenvalue weighted by Crippen LogP contribution is -2.14. The number of nitrogens with one attached hydrogen (secondary N) is 1. The van der Waals surface area contributed by atoms with Crippen molar-refractivity contribution in [3.63, 3.8) is 0 Å². The maximum atomic E-state index is 4.05. The van der Waals surface area contributed by atoms with Gasteiger partial charge in [-0.15, -0.1) is 11.8 Å². The van der Waals surface area contributed by atoms with Gasteiger partial charge in [-0.1, -0.05) is 12.1 Å². The van der Waals surface area contributed by atoms with Crippen LogP contribution in [0.5, 0.6) is 0 Å². The third kappa shape index (κ3) is 4.39. The van der Waals surface area contributed by atoms with Gasteiger partial charge in [0.1, 0.15) is 0 Å². The molecule has 1 aliphatic carbocycles. The molecule has 1 heterocycles. The molecule has 0 unspecified atom stereocenters. The largest absolute Gasteiger partial charge is 0.337 e.